The molecule has 1 aromatic heterocycles. The molecular formula is C24H40IN5O3. The Balaban J connectivity index is 0.00000385. The third-order valence-electron chi connectivity index (χ3n) is 5.74. The van der Waals surface area contributed by atoms with Gasteiger partial charge >= 0.3 is 6.09 Å². The first-order valence-electron chi connectivity index (χ1n) is 11.8. The molecule has 2 fully saturated rings. The molecule has 8 nitrogen and oxygen atoms in total. The number of hydrogen-bond donors (Lipinski definition) is 1. The molecule has 0 atom stereocenters. The summed E-state index contributed by atoms with van der Waals surface area (Å²) in [6, 6.07) is 4.06. The maximum Gasteiger partial charge on any atom is 0.410 e. The van der Waals surface area contributed by atoms with E-state index in [4.69, 9.17) is 14.5 Å². The van der Waals surface area contributed by atoms with Crippen molar-refractivity contribution in [3.8, 4) is 5.88 Å². The second kappa shape index (κ2) is 12.6. The average molecular weight is 574 g/mol. The fourth-order valence-corrected chi connectivity index (χ4v) is 3.88. The van der Waals surface area contributed by atoms with Crippen molar-refractivity contribution in [1.82, 2.24) is 20.1 Å². The van der Waals surface area contributed by atoms with Crippen LogP contribution in [0, 0.1) is 5.92 Å². The molecule has 1 saturated carbocycles. The number of halogens is 1. The van der Waals surface area contributed by atoms with Crippen LogP contribution in [0.1, 0.15) is 58.9 Å². The zero-order valence-corrected chi connectivity index (χ0v) is 23.0. The SMILES string of the molecule is CCNC(=NCc1ccc(OC)nc1)N1CCC(N(CC2CC2)C(=O)OC(C)(C)C)CC1.I. The lowest BCUT2D eigenvalue weighted by molar-refractivity contribution is 0.00928. The van der Waals surface area contributed by atoms with Gasteiger partial charge in [-0.1, -0.05) is 6.07 Å². The van der Waals surface area contributed by atoms with Crippen LogP contribution in [-0.2, 0) is 11.3 Å². The van der Waals surface area contributed by atoms with Gasteiger partial charge in [-0.15, -0.1) is 24.0 Å². The number of guanidine groups is 1. The minimum atomic E-state index is -0.471. The molecule has 1 N–H and O–H groups in total. The van der Waals surface area contributed by atoms with E-state index in [1.54, 1.807) is 13.3 Å². The van der Waals surface area contributed by atoms with Crippen molar-refractivity contribution in [1.29, 1.82) is 0 Å². The predicted molar refractivity (Wildman–Crippen MR) is 141 cm³/mol. The van der Waals surface area contributed by atoms with Gasteiger partial charge in [0.05, 0.1) is 13.7 Å². The Hall–Kier alpha value is -1.78. The highest BCUT2D eigenvalue weighted by molar-refractivity contribution is 14.0. The predicted octanol–water partition coefficient (Wildman–Crippen LogP) is 4.29. The number of carbonyl (C=O) groups is 1. The van der Waals surface area contributed by atoms with E-state index in [9.17, 15) is 4.79 Å². The Kier molecular flexibility index (Phi) is 10.5. The highest BCUT2D eigenvalue weighted by Gasteiger charge is 2.35. The van der Waals surface area contributed by atoms with E-state index in [1.165, 1.54) is 12.8 Å². The van der Waals surface area contributed by atoms with Crippen LogP contribution in [-0.4, -0.2) is 71.8 Å². The van der Waals surface area contributed by atoms with Crippen molar-refractivity contribution in [3.63, 3.8) is 0 Å². The lowest BCUT2D eigenvalue weighted by Gasteiger charge is -2.40. The van der Waals surface area contributed by atoms with E-state index in [-0.39, 0.29) is 36.1 Å². The number of rotatable bonds is 7. The summed E-state index contributed by atoms with van der Waals surface area (Å²) in [5.41, 5.74) is 0.567. The molecule has 2 aliphatic rings. The molecule has 1 aliphatic heterocycles. The van der Waals surface area contributed by atoms with Crippen LogP contribution in [0.2, 0.25) is 0 Å². The van der Waals surface area contributed by atoms with Crippen LogP contribution in [0.5, 0.6) is 5.88 Å². The number of hydrogen-bond acceptors (Lipinski definition) is 5. The lowest BCUT2D eigenvalue weighted by Crippen LogP contribution is -2.52. The molecule has 1 amide bonds. The zero-order chi connectivity index (χ0) is 23.1. The van der Waals surface area contributed by atoms with Gasteiger partial charge in [-0.05, 0) is 64.9 Å². The summed E-state index contributed by atoms with van der Waals surface area (Å²) >= 11 is 0. The van der Waals surface area contributed by atoms with Crippen molar-refractivity contribution in [2.75, 3.05) is 33.3 Å². The molecule has 9 heteroatoms. The van der Waals surface area contributed by atoms with Gasteiger partial charge in [-0.25, -0.2) is 14.8 Å². The Morgan fingerprint density at radius 1 is 1.24 bits per heavy atom. The number of ether oxygens (including phenoxy) is 2. The number of amides is 1. The van der Waals surface area contributed by atoms with Gasteiger partial charge in [-0.3, -0.25) is 0 Å². The van der Waals surface area contributed by atoms with Crippen LogP contribution in [0.15, 0.2) is 23.3 Å². The number of aromatic nitrogens is 1. The monoisotopic (exact) mass is 573 g/mol. The molecule has 0 spiro atoms. The number of aliphatic imine (C=N–C) groups is 1. The molecular weight excluding hydrogens is 533 g/mol. The largest absolute Gasteiger partial charge is 0.481 e. The van der Waals surface area contributed by atoms with E-state index < -0.39 is 5.60 Å². The summed E-state index contributed by atoms with van der Waals surface area (Å²) in [7, 11) is 1.61. The van der Waals surface area contributed by atoms with E-state index in [0.29, 0.717) is 18.3 Å². The Labute approximate surface area is 215 Å². The molecule has 0 aromatic carbocycles. The average Bonchev–Trinajstić information content (AvgIpc) is 3.58. The number of likely N-dealkylation sites (tertiary alicyclic amines) is 1. The second-order valence-corrected chi connectivity index (χ2v) is 9.67. The molecule has 0 bridgehead atoms. The van der Waals surface area contributed by atoms with Gasteiger partial charge in [0.25, 0.3) is 0 Å². The van der Waals surface area contributed by atoms with Crippen molar-refractivity contribution >= 4 is 36.0 Å². The normalized spacial score (nSPS) is 17.2. The van der Waals surface area contributed by atoms with E-state index in [1.807, 2.05) is 37.8 Å². The number of piperidine rings is 1. The molecule has 186 valence electrons. The van der Waals surface area contributed by atoms with E-state index >= 15 is 0 Å². The van der Waals surface area contributed by atoms with E-state index in [2.05, 4.69) is 22.1 Å². The quantitative estimate of drug-likeness (QED) is 0.298. The van der Waals surface area contributed by atoms with Gasteiger partial charge in [0.15, 0.2) is 5.96 Å². The standard InChI is InChI=1S/C24H39N5O3.HI/c1-6-25-22(27-16-19-9-10-21(31-5)26-15-19)28-13-11-20(12-14-28)29(17-18-7-8-18)23(30)32-24(2,3)4;/h9-10,15,18,20H,6-8,11-14,16-17H2,1-5H3,(H,25,27);1H. The number of methoxy groups -OCH3 is 1. The molecule has 1 saturated heterocycles. The highest BCUT2D eigenvalue weighted by atomic mass is 127. The van der Waals surface area contributed by atoms with Crippen molar-refractivity contribution in [3.05, 3.63) is 23.9 Å². The van der Waals surface area contributed by atoms with Gasteiger partial charge < -0.3 is 24.6 Å². The topological polar surface area (TPSA) is 79.3 Å². The number of nitrogens with zero attached hydrogens (tertiary/aromatic N) is 4. The number of carbonyl (C=O) groups excluding carboxylic acids is 1. The first-order chi connectivity index (χ1) is 15.3. The molecule has 1 aliphatic carbocycles. The second-order valence-electron chi connectivity index (χ2n) is 9.67. The summed E-state index contributed by atoms with van der Waals surface area (Å²) in [5, 5.41) is 3.41. The van der Waals surface area contributed by atoms with Gasteiger partial charge in [0, 0.05) is 44.5 Å². The van der Waals surface area contributed by atoms with Crippen LogP contribution in [0.25, 0.3) is 0 Å². The van der Waals surface area contributed by atoms with Crippen molar-refractivity contribution in [2.24, 2.45) is 10.9 Å². The third-order valence-corrected chi connectivity index (χ3v) is 5.74. The maximum atomic E-state index is 12.9. The smallest absolute Gasteiger partial charge is 0.410 e. The summed E-state index contributed by atoms with van der Waals surface area (Å²) in [6.07, 6.45) is 5.90. The fourth-order valence-electron chi connectivity index (χ4n) is 3.88. The summed E-state index contributed by atoms with van der Waals surface area (Å²) < 4.78 is 10.8. The van der Waals surface area contributed by atoms with Crippen LogP contribution < -0.4 is 10.1 Å². The zero-order valence-electron chi connectivity index (χ0n) is 20.7. The molecule has 0 unspecified atom stereocenters. The van der Waals surface area contributed by atoms with Crippen molar-refractivity contribution < 1.29 is 14.3 Å². The molecule has 3 rings (SSSR count). The van der Waals surface area contributed by atoms with E-state index in [0.717, 1.165) is 50.5 Å². The van der Waals surface area contributed by atoms with Gasteiger partial charge in [-0.2, -0.15) is 0 Å². The third kappa shape index (κ3) is 8.83. The first kappa shape index (κ1) is 27.5. The van der Waals surface area contributed by atoms with Crippen LogP contribution >= 0.6 is 24.0 Å². The Bertz CT molecular complexity index is 769. The summed E-state index contributed by atoms with van der Waals surface area (Å²) in [5.74, 6) is 2.15. The van der Waals surface area contributed by atoms with Crippen LogP contribution in [0.4, 0.5) is 4.79 Å². The molecule has 0 radical (unpaired) electrons. The highest BCUT2D eigenvalue weighted by Crippen LogP contribution is 2.32. The molecule has 1 aromatic rings. The summed E-state index contributed by atoms with van der Waals surface area (Å²) in [4.78, 5) is 26.2. The Morgan fingerprint density at radius 2 is 1.94 bits per heavy atom. The summed E-state index contributed by atoms with van der Waals surface area (Å²) in [6.45, 7) is 11.8. The van der Waals surface area contributed by atoms with Crippen molar-refractivity contribution in [2.45, 2.75) is 71.6 Å². The lowest BCUT2D eigenvalue weighted by atomic mass is 10.0. The minimum Gasteiger partial charge on any atom is -0.481 e. The maximum absolute atomic E-state index is 12.9. The first-order valence-corrected chi connectivity index (χ1v) is 11.8. The van der Waals surface area contributed by atoms with Gasteiger partial charge in [0.2, 0.25) is 5.88 Å². The number of nitrogens with one attached hydrogen (secondary N) is 1. The molecule has 2 heterocycles. The minimum absolute atomic E-state index is 0. The fraction of sp³-hybridized carbons (Fsp3) is 0.708. The molecule has 33 heavy (non-hydrogen) atoms. The van der Waals surface area contributed by atoms with Crippen LogP contribution in [0.3, 0.4) is 0 Å². The van der Waals surface area contributed by atoms with Gasteiger partial charge in [0.1, 0.15) is 5.60 Å². The Morgan fingerprint density at radius 3 is 2.45 bits per heavy atom. The number of pyridine rings is 1.